The van der Waals surface area contributed by atoms with Crippen molar-refractivity contribution in [1.82, 2.24) is 0 Å². The zero-order valence-corrected chi connectivity index (χ0v) is 23.1. The highest BCUT2D eigenvalue weighted by Gasteiger charge is 2.27. The average molecular weight is 535 g/mol. The second-order valence-electron chi connectivity index (χ2n) is 9.71. The molecule has 0 aromatic heterocycles. The number of anilines is 1. The van der Waals surface area contributed by atoms with Gasteiger partial charge in [-0.2, -0.15) is 0 Å². The molecule has 0 amide bonds. The van der Waals surface area contributed by atoms with Crippen molar-refractivity contribution in [1.29, 1.82) is 0 Å². The summed E-state index contributed by atoms with van der Waals surface area (Å²) in [5.41, 5.74) is -0.407. The van der Waals surface area contributed by atoms with E-state index in [1.54, 1.807) is 45.0 Å². The van der Waals surface area contributed by atoms with Crippen molar-refractivity contribution in [2.45, 2.75) is 65.2 Å². The van der Waals surface area contributed by atoms with E-state index in [-0.39, 0.29) is 16.2 Å². The lowest BCUT2D eigenvalue weighted by Gasteiger charge is -2.28. The summed E-state index contributed by atoms with van der Waals surface area (Å²) in [6.45, 7) is 9.77. The van der Waals surface area contributed by atoms with Gasteiger partial charge in [0.05, 0.1) is 16.7 Å². The molecule has 204 valence electrons. The van der Waals surface area contributed by atoms with Crippen LogP contribution in [0, 0.1) is 5.41 Å². The van der Waals surface area contributed by atoms with Gasteiger partial charge in [-0.15, -0.1) is 0 Å². The molecule has 0 aliphatic carbocycles. The molecule has 2 N–H and O–H groups in total. The lowest BCUT2D eigenvalue weighted by atomic mass is 9.98. The Balaban J connectivity index is 2.58. The number of para-hydroxylation sites is 1. The summed E-state index contributed by atoms with van der Waals surface area (Å²) in [4.78, 5) is 26.6. The van der Waals surface area contributed by atoms with Crippen LogP contribution in [0.2, 0.25) is 0 Å². The first-order chi connectivity index (χ1) is 17.4. The molecular formula is C27H38N2O7S. The Kier molecular flexibility index (Phi) is 10.9. The number of hydrogen-bond acceptors (Lipinski definition) is 8. The quantitative estimate of drug-likeness (QED) is 0.273. The minimum atomic E-state index is -4.30. The number of primary sulfonamides is 1. The Labute approximate surface area is 219 Å². The predicted octanol–water partition coefficient (Wildman–Crippen LogP) is 5.24. The SMILES string of the molecule is CCCCN(CCCC)c1cc(C(=O)OCOC(=O)C(C)(C)C)cc(S(N)(=O)=O)c1Oc1ccccc1. The molecule has 0 radical (unpaired) electrons. The molecular weight excluding hydrogens is 496 g/mol. The summed E-state index contributed by atoms with van der Waals surface area (Å²) >= 11 is 0. The number of hydrogen-bond donors (Lipinski definition) is 1. The highest BCUT2D eigenvalue weighted by molar-refractivity contribution is 7.89. The van der Waals surface area contributed by atoms with Gasteiger partial charge in [0.1, 0.15) is 10.6 Å². The maximum absolute atomic E-state index is 12.9. The molecule has 0 heterocycles. The standard InChI is InChI=1S/C27H38N2O7S/c1-6-8-15-29(16-9-7-2)22-17-20(25(30)34-19-35-26(31)27(3,4)5)18-23(37(28,32)33)24(22)36-21-13-11-10-12-14-21/h10-14,17-18H,6-9,15-16,19H2,1-5H3,(H2,28,32,33). The van der Waals surface area contributed by atoms with Gasteiger partial charge < -0.3 is 19.1 Å². The number of esters is 2. The van der Waals surface area contributed by atoms with Crippen LogP contribution in [0.1, 0.15) is 70.7 Å². The van der Waals surface area contributed by atoms with Crippen molar-refractivity contribution in [2.75, 3.05) is 24.8 Å². The van der Waals surface area contributed by atoms with E-state index < -0.39 is 34.2 Å². The monoisotopic (exact) mass is 534 g/mol. The molecule has 9 nitrogen and oxygen atoms in total. The van der Waals surface area contributed by atoms with Crippen molar-refractivity contribution >= 4 is 27.6 Å². The number of ether oxygens (including phenoxy) is 3. The Morgan fingerprint density at radius 3 is 2.05 bits per heavy atom. The van der Waals surface area contributed by atoms with Gasteiger partial charge in [-0.1, -0.05) is 44.9 Å². The van der Waals surface area contributed by atoms with Gasteiger partial charge in [0, 0.05) is 13.1 Å². The van der Waals surface area contributed by atoms with Crippen LogP contribution in [0.25, 0.3) is 0 Å². The lowest BCUT2D eigenvalue weighted by Crippen LogP contribution is -2.28. The highest BCUT2D eigenvalue weighted by atomic mass is 32.2. The minimum Gasteiger partial charge on any atom is -0.454 e. The first kappa shape index (κ1) is 30.1. The largest absolute Gasteiger partial charge is 0.454 e. The average Bonchev–Trinajstić information content (AvgIpc) is 2.83. The smallest absolute Gasteiger partial charge is 0.341 e. The van der Waals surface area contributed by atoms with E-state index in [0.717, 1.165) is 31.7 Å². The zero-order valence-electron chi connectivity index (χ0n) is 22.3. The molecule has 37 heavy (non-hydrogen) atoms. The van der Waals surface area contributed by atoms with Crippen molar-refractivity contribution in [2.24, 2.45) is 10.6 Å². The Hall–Kier alpha value is -3.11. The van der Waals surface area contributed by atoms with Gasteiger partial charge in [-0.25, -0.2) is 18.4 Å². The summed E-state index contributed by atoms with van der Waals surface area (Å²) in [6, 6.07) is 11.4. The third-order valence-corrected chi connectivity index (χ3v) is 6.35. The van der Waals surface area contributed by atoms with Crippen molar-refractivity contribution in [3.8, 4) is 11.5 Å². The fourth-order valence-electron chi connectivity index (χ4n) is 3.35. The molecule has 2 aromatic carbocycles. The number of carbonyl (C=O) groups excluding carboxylic acids is 2. The number of nitrogens with two attached hydrogens (primary N) is 1. The van der Waals surface area contributed by atoms with E-state index in [1.807, 2.05) is 11.0 Å². The van der Waals surface area contributed by atoms with E-state index in [4.69, 9.17) is 19.3 Å². The number of rotatable bonds is 13. The second kappa shape index (κ2) is 13.4. The van der Waals surface area contributed by atoms with Crippen LogP contribution in [0.3, 0.4) is 0 Å². The van der Waals surface area contributed by atoms with E-state index >= 15 is 0 Å². The van der Waals surface area contributed by atoms with Gasteiger partial charge in [-0.05, 0) is 57.9 Å². The van der Waals surface area contributed by atoms with Gasteiger partial charge >= 0.3 is 11.9 Å². The maximum atomic E-state index is 12.9. The van der Waals surface area contributed by atoms with Gasteiger partial charge in [-0.3, -0.25) is 4.79 Å². The summed E-state index contributed by atoms with van der Waals surface area (Å²) in [7, 11) is -4.30. The van der Waals surface area contributed by atoms with Crippen LogP contribution in [-0.2, 0) is 24.3 Å². The van der Waals surface area contributed by atoms with Crippen LogP contribution in [-0.4, -0.2) is 40.2 Å². The second-order valence-corrected chi connectivity index (χ2v) is 11.2. The fraction of sp³-hybridized carbons (Fsp3) is 0.481. The molecule has 0 saturated heterocycles. The predicted molar refractivity (Wildman–Crippen MR) is 142 cm³/mol. The van der Waals surface area contributed by atoms with Crippen molar-refractivity contribution in [3.63, 3.8) is 0 Å². The molecule has 10 heteroatoms. The summed E-state index contributed by atoms with van der Waals surface area (Å²) < 4.78 is 41.6. The third kappa shape index (κ3) is 9.05. The fourth-order valence-corrected chi connectivity index (χ4v) is 4.04. The number of sulfonamides is 1. The zero-order chi connectivity index (χ0) is 27.6. The summed E-state index contributed by atoms with van der Waals surface area (Å²) in [6.07, 6.45) is 3.52. The summed E-state index contributed by atoms with van der Waals surface area (Å²) in [5.74, 6) is -0.936. The van der Waals surface area contributed by atoms with E-state index in [1.165, 1.54) is 6.07 Å². The van der Waals surface area contributed by atoms with Crippen molar-refractivity contribution in [3.05, 3.63) is 48.0 Å². The molecule has 0 atom stereocenters. The minimum absolute atomic E-state index is 0.0385. The number of carbonyl (C=O) groups is 2. The van der Waals surface area contributed by atoms with E-state index in [9.17, 15) is 18.0 Å². The molecule has 0 fully saturated rings. The van der Waals surface area contributed by atoms with Gasteiger partial charge in [0.2, 0.25) is 16.8 Å². The van der Waals surface area contributed by atoms with E-state index in [0.29, 0.717) is 24.5 Å². The summed E-state index contributed by atoms with van der Waals surface area (Å²) in [5, 5.41) is 5.59. The molecule has 2 aromatic rings. The number of nitrogens with zero attached hydrogens (tertiary/aromatic N) is 1. The van der Waals surface area contributed by atoms with Crippen LogP contribution < -0.4 is 14.8 Å². The molecule has 0 spiro atoms. The molecule has 0 aliphatic heterocycles. The van der Waals surface area contributed by atoms with Crippen molar-refractivity contribution < 1.29 is 32.2 Å². The topological polar surface area (TPSA) is 125 Å². The van der Waals surface area contributed by atoms with Crippen LogP contribution >= 0.6 is 0 Å². The van der Waals surface area contributed by atoms with Gasteiger partial charge in [0.15, 0.2) is 5.75 Å². The first-order valence-corrected chi connectivity index (χ1v) is 14.0. The normalized spacial score (nSPS) is 11.6. The number of unbranched alkanes of at least 4 members (excludes halogenated alkanes) is 2. The lowest BCUT2D eigenvalue weighted by molar-refractivity contribution is -0.161. The first-order valence-electron chi connectivity index (χ1n) is 12.4. The van der Waals surface area contributed by atoms with Crippen LogP contribution in [0.4, 0.5) is 5.69 Å². The third-order valence-electron chi connectivity index (χ3n) is 5.44. The van der Waals surface area contributed by atoms with Crippen LogP contribution in [0.15, 0.2) is 47.4 Å². The Morgan fingerprint density at radius 2 is 1.54 bits per heavy atom. The maximum Gasteiger partial charge on any atom is 0.341 e. The molecule has 2 rings (SSSR count). The van der Waals surface area contributed by atoms with E-state index in [2.05, 4.69) is 13.8 Å². The molecule has 0 aliphatic rings. The molecule has 0 saturated carbocycles. The number of benzene rings is 2. The Morgan fingerprint density at radius 1 is 0.946 bits per heavy atom. The molecule has 0 unspecified atom stereocenters. The van der Waals surface area contributed by atoms with Crippen LogP contribution in [0.5, 0.6) is 11.5 Å². The molecule has 0 bridgehead atoms. The van der Waals surface area contributed by atoms with Gasteiger partial charge in [0.25, 0.3) is 0 Å². The Bertz CT molecular complexity index is 1150. The highest BCUT2D eigenvalue weighted by Crippen LogP contribution is 2.40.